The molecule has 6 nitrogen and oxygen atoms in total. The maximum atomic E-state index is 12.1. The van der Waals surface area contributed by atoms with E-state index in [1.165, 1.54) is 0 Å². The van der Waals surface area contributed by atoms with Gasteiger partial charge in [0.2, 0.25) is 0 Å². The van der Waals surface area contributed by atoms with Crippen LogP contribution in [0.3, 0.4) is 0 Å². The van der Waals surface area contributed by atoms with Gasteiger partial charge in [-0.25, -0.2) is 0 Å². The van der Waals surface area contributed by atoms with Gasteiger partial charge in [0.15, 0.2) is 0 Å². The first-order chi connectivity index (χ1) is 12.6. The molecule has 1 aliphatic rings. The van der Waals surface area contributed by atoms with Crippen molar-refractivity contribution >= 4 is 17.9 Å². The molecular weight excluding hydrogens is 336 g/mol. The Balaban J connectivity index is 1.85. The van der Waals surface area contributed by atoms with E-state index in [4.69, 9.17) is 14.2 Å². The van der Waals surface area contributed by atoms with E-state index >= 15 is 0 Å². The molecule has 142 valence electrons. The number of carbonyl (C=O) groups excluding carboxylic acids is 3. The van der Waals surface area contributed by atoms with Crippen LogP contribution in [0.4, 0.5) is 0 Å². The van der Waals surface area contributed by atoms with E-state index in [2.05, 4.69) is 0 Å². The SMILES string of the molecule is CCOC(=O)C(CC(=O)OCc1ccccc1)CC(=O)OC1CCCC1. The van der Waals surface area contributed by atoms with Gasteiger partial charge in [-0.3, -0.25) is 14.4 Å². The molecule has 0 N–H and O–H groups in total. The van der Waals surface area contributed by atoms with E-state index in [1.54, 1.807) is 6.92 Å². The van der Waals surface area contributed by atoms with Crippen LogP contribution in [0.25, 0.3) is 0 Å². The maximum absolute atomic E-state index is 12.1. The Kier molecular flexibility index (Phi) is 8.12. The molecule has 0 radical (unpaired) electrons. The van der Waals surface area contributed by atoms with E-state index in [-0.39, 0.29) is 32.2 Å². The van der Waals surface area contributed by atoms with Gasteiger partial charge >= 0.3 is 17.9 Å². The third-order valence-corrected chi connectivity index (χ3v) is 4.29. The molecule has 0 amide bonds. The normalized spacial score (nSPS) is 15.3. The average Bonchev–Trinajstić information content (AvgIpc) is 3.13. The molecule has 2 rings (SSSR count). The number of carbonyl (C=O) groups is 3. The third kappa shape index (κ3) is 6.86. The van der Waals surface area contributed by atoms with Crippen LogP contribution in [0.1, 0.15) is 51.0 Å². The predicted molar refractivity (Wildman–Crippen MR) is 93.9 cm³/mol. The minimum Gasteiger partial charge on any atom is -0.466 e. The molecule has 0 spiro atoms. The Morgan fingerprint density at radius 2 is 1.65 bits per heavy atom. The molecule has 6 heteroatoms. The first kappa shape index (κ1) is 19.9. The van der Waals surface area contributed by atoms with Crippen LogP contribution in [-0.2, 0) is 35.2 Å². The summed E-state index contributed by atoms with van der Waals surface area (Å²) in [5.41, 5.74) is 0.856. The van der Waals surface area contributed by atoms with Gasteiger partial charge in [0.1, 0.15) is 12.7 Å². The minimum absolute atomic E-state index is 0.0737. The molecule has 26 heavy (non-hydrogen) atoms. The molecule has 0 saturated heterocycles. The molecule has 1 aromatic carbocycles. The molecule has 0 bridgehead atoms. The Morgan fingerprint density at radius 1 is 1.00 bits per heavy atom. The van der Waals surface area contributed by atoms with Crippen LogP contribution in [0.15, 0.2) is 30.3 Å². The quantitative estimate of drug-likeness (QED) is 0.496. The fourth-order valence-corrected chi connectivity index (χ4v) is 2.94. The minimum atomic E-state index is -0.882. The van der Waals surface area contributed by atoms with Crippen molar-refractivity contribution in [3.63, 3.8) is 0 Å². The molecule has 1 aliphatic carbocycles. The number of ether oxygens (including phenoxy) is 3. The zero-order chi connectivity index (χ0) is 18.8. The lowest BCUT2D eigenvalue weighted by molar-refractivity contribution is -0.161. The lowest BCUT2D eigenvalue weighted by Crippen LogP contribution is -2.26. The highest BCUT2D eigenvalue weighted by Crippen LogP contribution is 2.23. The highest BCUT2D eigenvalue weighted by molar-refractivity contribution is 5.84. The highest BCUT2D eigenvalue weighted by Gasteiger charge is 2.29. The van der Waals surface area contributed by atoms with Crippen molar-refractivity contribution in [2.45, 2.75) is 58.2 Å². The van der Waals surface area contributed by atoms with Crippen molar-refractivity contribution in [3.8, 4) is 0 Å². The Morgan fingerprint density at radius 3 is 2.31 bits per heavy atom. The van der Waals surface area contributed by atoms with Crippen molar-refractivity contribution in [1.29, 1.82) is 0 Å². The lowest BCUT2D eigenvalue weighted by atomic mass is 10.0. The molecule has 0 aromatic heterocycles. The molecule has 1 atom stereocenters. The summed E-state index contributed by atoms with van der Waals surface area (Å²) in [6.45, 7) is 1.99. The fraction of sp³-hybridized carbons (Fsp3) is 0.550. The summed E-state index contributed by atoms with van der Waals surface area (Å²) in [6.07, 6.45) is 3.36. The monoisotopic (exact) mass is 362 g/mol. The number of hydrogen-bond acceptors (Lipinski definition) is 6. The third-order valence-electron chi connectivity index (χ3n) is 4.29. The summed E-state index contributed by atoms with van der Waals surface area (Å²) in [7, 11) is 0. The lowest BCUT2D eigenvalue weighted by Gasteiger charge is -2.16. The fourth-order valence-electron chi connectivity index (χ4n) is 2.94. The number of rotatable bonds is 9. The first-order valence-corrected chi connectivity index (χ1v) is 9.14. The molecule has 1 fully saturated rings. The van der Waals surface area contributed by atoms with Crippen molar-refractivity contribution in [3.05, 3.63) is 35.9 Å². The van der Waals surface area contributed by atoms with Crippen molar-refractivity contribution in [2.75, 3.05) is 6.61 Å². The number of esters is 3. The number of benzene rings is 1. The molecule has 0 heterocycles. The summed E-state index contributed by atoms with van der Waals surface area (Å²) < 4.78 is 15.6. The molecule has 1 aromatic rings. The molecule has 1 unspecified atom stereocenters. The van der Waals surface area contributed by atoms with E-state index in [0.717, 1.165) is 31.2 Å². The van der Waals surface area contributed by atoms with Crippen molar-refractivity contribution in [2.24, 2.45) is 5.92 Å². The topological polar surface area (TPSA) is 78.9 Å². The second-order valence-electron chi connectivity index (χ2n) is 6.40. The second kappa shape index (κ2) is 10.6. The van der Waals surface area contributed by atoms with Crippen LogP contribution in [-0.4, -0.2) is 30.6 Å². The molecule has 1 saturated carbocycles. The molecular formula is C20H26O6. The first-order valence-electron chi connectivity index (χ1n) is 9.14. The molecule has 0 aliphatic heterocycles. The van der Waals surface area contributed by atoms with Gasteiger partial charge in [-0.1, -0.05) is 30.3 Å². The number of hydrogen-bond donors (Lipinski definition) is 0. The summed E-state index contributed by atoms with van der Waals surface area (Å²) in [5, 5.41) is 0. The average molecular weight is 362 g/mol. The Hall–Kier alpha value is -2.37. The summed E-state index contributed by atoms with van der Waals surface area (Å²) in [6, 6.07) is 9.26. The zero-order valence-electron chi connectivity index (χ0n) is 15.1. The smallest absolute Gasteiger partial charge is 0.310 e. The Bertz CT molecular complexity index is 592. The Labute approximate surface area is 153 Å². The highest BCUT2D eigenvalue weighted by atomic mass is 16.5. The van der Waals surface area contributed by atoms with Crippen LogP contribution < -0.4 is 0 Å². The van der Waals surface area contributed by atoms with Crippen LogP contribution in [0.2, 0.25) is 0 Å². The van der Waals surface area contributed by atoms with Gasteiger partial charge in [0.25, 0.3) is 0 Å². The zero-order valence-corrected chi connectivity index (χ0v) is 15.1. The summed E-state index contributed by atoms with van der Waals surface area (Å²) in [5.74, 6) is -2.47. The van der Waals surface area contributed by atoms with Crippen molar-refractivity contribution in [1.82, 2.24) is 0 Å². The standard InChI is InChI=1S/C20H26O6/c1-2-24-20(23)16(13-19(22)26-17-10-6-7-11-17)12-18(21)25-14-15-8-4-3-5-9-15/h3-5,8-9,16-17H,2,6-7,10-14H2,1H3. The van der Waals surface area contributed by atoms with Crippen LogP contribution in [0, 0.1) is 5.92 Å². The van der Waals surface area contributed by atoms with Gasteiger partial charge < -0.3 is 14.2 Å². The van der Waals surface area contributed by atoms with Gasteiger partial charge in [-0.05, 0) is 38.2 Å². The van der Waals surface area contributed by atoms with Gasteiger partial charge in [-0.15, -0.1) is 0 Å². The van der Waals surface area contributed by atoms with E-state index in [1.807, 2.05) is 30.3 Å². The van der Waals surface area contributed by atoms with E-state index in [9.17, 15) is 14.4 Å². The van der Waals surface area contributed by atoms with E-state index in [0.29, 0.717) is 0 Å². The largest absolute Gasteiger partial charge is 0.466 e. The van der Waals surface area contributed by atoms with Gasteiger partial charge in [0, 0.05) is 0 Å². The van der Waals surface area contributed by atoms with Crippen LogP contribution in [0.5, 0.6) is 0 Å². The van der Waals surface area contributed by atoms with E-state index < -0.39 is 23.8 Å². The second-order valence-corrected chi connectivity index (χ2v) is 6.40. The van der Waals surface area contributed by atoms with Gasteiger partial charge in [0.05, 0.1) is 25.4 Å². The predicted octanol–water partition coefficient (Wildman–Crippen LogP) is 3.18. The summed E-state index contributed by atoms with van der Waals surface area (Å²) in [4.78, 5) is 36.3. The van der Waals surface area contributed by atoms with Gasteiger partial charge in [-0.2, -0.15) is 0 Å². The maximum Gasteiger partial charge on any atom is 0.310 e. The van der Waals surface area contributed by atoms with Crippen molar-refractivity contribution < 1.29 is 28.6 Å². The van der Waals surface area contributed by atoms with Crippen LogP contribution >= 0.6 is 0 Å². The summed E-state index contributed by atoms with van der Waals surface area (Å²) >= 11 is 0.